The van der Waals surface area contributed by atoms with E-state index < -0.39 is 22.2 Å². The first kappa shape index (κ1) is 27.6. The number of nitrogens with zero attached hydrogens (tertiary/aromatic N) is 3. The molecule has 12 heteroatoms. The van der Waals surface area contributed by atoms with Gasteiger partial charge in [-0.15, -0.1) is 8.78 Å². The Morgan fingerprint density at radius 2 is 1.64 bits per heavy atom. The molecule has 1 unspecified atom stereocenters. The summed E-state index contributed by atoms with van der Waals surface area (Å²) in [7, 11) is -1.70. The summed E-state index contributed by atoms with van der Waals surface area (Å²) in [6, 6.07) is 18.3. The summed E-state index contributed by atoms with van der Waals surface area (Å²) in [6.07, 6.45) is -3.43. The summed E-state index contributed by atoms with van der Waals surface area (Å²) in [5, 5.41) is 14.6. The lowest BCUT2D eigenvalue weighted by atomic mass is 9.94. The van der Waals surface area contributed by atoms with Crippen LogP contribution < -0.4 is 9.47 Å². The molecule has 6 rings (SSSR count). The van der Waals surface area contributed by atoms with Crippen molar-refractivity contribution in [3.05, 3.63) is 78.3 Å². The average molecular weight is 594 g/mol. The molecule has 0 aliphatic carbocycles. The Balaban J connectivity index is 1.57. The number of hydrogen-bond donors (Lipinski definition) is 1. The quantitative estimate of drug-likeness (QED) is 0.249. The highest BCUT2D eigenvalue weighted by atomic mass is 32.2. The fourth-order valence-corrected chi connectivity index (χ4v) is 5.56. The molecule has 42 heavy (non-hydrogen) atoms. The molecular formula is C30H25F2N3O6S. The van der Waals surface area contributed by atoms with Crippen molar-refractivity contribution >= 4 is 9.84 Å². The summed E-state index contributed by atoms with van der Waals surface area (Å²) >= 11 is 0. The van der Waals surface area contributed by atoms with Gasteiger partial charge in [0.2, 0.25) is 0 Å². The van der Waals surface area contributed by atoms with Gasteiger partial charge in [-0.1, -0.05) is 24.3 Å². The molecule has 0 amide bonds. The molecule has 1 N–H and O–H groups in total. The van der Waals surface area contributed by atoms with Gasteiger partial charge in [-0.05, 0) is 60.5 Å². The smallest absolute Gasteiger partial charge is 0.440 e. The largest absolute Gasteiger partial charge is 0.586 e. The number of sulfone groups is 1. The normalized spacial score (nSPS) is 14.7. The van der Waals surface area contributed by atoms with E-state index in [-0.39, 0.29) is 16.4 Å². The lowest BCUT2D eigenvalue weighted by molar-refractivity contribution is -0.286. The predicted molar refractivity (Wildman–Crippen MR) is 150 cm³/mol. The Hall–Kier alpha value is -4.55. The number of ether oxygens (including phenoxy) is 2. The maximum absolute atomic E-state index is 13.7. The molecule has 1 aliphatic heterocycles. The van der Waals surface area contributed by atoms with Gasteiger partial charge in [-0.2, -0.15) is 5.10 Å². The van der Waals surface area contributed by atoms with Crippen molar-refractivity contribution in [1.29, 1.82) is 0 Å². The van der Waals surface area contributed by atoms with Gasteiger partial charge in [0, 0.05) is 36.9 Å². The van der Waals surface area contributed by atoms with Crippen LogP contribution in [0.1, 0.15) is 24.6 Å². The van der Waals surface area contributed by atoms with Crippen LogP contribution >= 0.6 is 0 Å². The Labute approximate surface area is 239 Å². The molecule has 0 radical (unpaired) electrons. The van der Waals surface area contributed by atoms with Crippen LogP contribution in [0.25, 0.3) is 45.0 Å². The number of fused-ring (bicyclic) bond motifs is 1. The maximum Gasteiger partial charge on any atom is 0.586 e. The Kier molecular flexibility index (Phi) is 6.43. The van der Waals surface area contributed by atoms with Gasteiger partial charge in [0.25, 0.3) is 0 Å². The van der Waals surface area contributed by atoms with Crippen molar-refractivity contribution in [3.63, 3.8) is 0 Å². The van der Waals surface area contributed by atoms with Crippen LogP contribution in [0.5, 0.6) is 11.5 Å². The van der Waals surface area contributed by atoms with Gasteiger partial charge in [-0.25, -0.2) is 13.4 Å². The van der Waals surface area contributed by atoms with E-state index in [0.29, 0.717) is 56.6 Å². The predicted octanol–water partition coefficient (Wildman–Crippen LogP) is 6.16. The monoisotopic (exact) mass is 593 g/mol. The van der Waals surface area contributed by atoms with E-state index in [4.69, 9.17) is 4.42 Å². The molecule has 9 nitrogen and oxygen atoms in total. The zero-order valence-corrected chi connectivity index (χ0v) is 23.7. The molecule has 0 bridgehead atoms. The zero-order valence-electron chi connectivity index (χ0n) is 22.9. The zero-order chi connectivity index (χ0) is 30.0. The molecular weight excluding hydrogens is 568 g/mol. The topological polar surface area (TPSA) is 117 Å². The number of hydrogen-bond acceptors (Lipinski definition) is 8. The van der Waals surface area contributed by atoms with E-state index in [1.165, 1.54) is 18.2 Å². The van der Waals surface area contributed by atoms with Crippen LogP contribution in [0.4, 0.5) is 8.78 Å². The van der Waals surface area contributed by atoms with E-state index in [9.17, 15) is 22.3 Å². The number of oxazole rings is 1. The maximum atomic E-state index is 13.7. The number of aliphatic hydroxyl groups is 1. The fraction of sp³-hybridized carbons (Fsp3) is 0.200. The van der Waals surface area contributed by atoms with E-state index in [2.05, 4.69) is 19.6 Å². The first-order valence-corrected chi connectivity index (χ1v) is 14.7. The molecule has 3 aromatic carbocycles. The van der Waals surface area contributed by atoms with Crippen LogP contribution in [-0.4, -0.2) is 40.8 Å². The number of alkyl halides is 2. The molecule has 0 saturated carbocycles. The molecule has 216 valence electrons. The van der Waals surface area contributed by atoms with Gasteiger partial charge >= 0.3 is 6.29 Å². The third-order valence-corrected chi connectivity index (χ3v) is 7.98. The van der Waals surface area contributed by atoms with Gasteiger partial charge in [0.05, 0.1) is 22.4 Å². The van der Waals surface area contributed by atoms with E-state index in [1.807, 2.05) is 18.2 Å². The van der Waals surface area contributed by atoms with Crippen LogP contribution in [0.15, 0.2) is 76.0 Å². The lowest BCUT2D eigenvalue weighted by Gasteiger charge is -2.13. The molecule has 0 spiro atoms. The Morgan fingerprint density at radius 3 is 2.36 bits per heavy atom. The molecule has 0 fully saturated rings. The molecule has 3 heterocycles. The molecule has 0 saturated heterocycles. The minimum absolute atomic E-state index is 0.0977. The van der Waals surface area contributed by atoms with Crippen LogP contribution in [0, 0.1) is 6.92 Å². The van der Waals surface area contributed by atoms with Gasteiger partial charge in [-0.3, -0.25) is 4.68 Å². The van der Waals surface area contributed by atoms with Crippen molar-refractivity contribution in [2.75, 3.05) is 6.26 Å². The van der Waals surface area contributed by atoms with Gasteiger partial charge in [0.1, 0.15) is 5.69 Å². The van der Waals surface area contributed by atoms with Gasteiger partial charge < -0.3 is 19.0 Å². The van der Waals surface area contributed by atoms with Crippen molar-refractivity contribution in [3.8, 4) is 56.5 Å². The summed E-state index contributed by atoms with van der Waals surface area (Å²) in [4.78, 5) is 4.74. The van der Waals surface area contributed by atoms with Crippen LogP contribution in [-0.2, 0) is 16.9 Å². The molecule has 2 aromatic heterocycles. The number of halogens is 2. The second-order valence-electron chi connectivity index (χ2n) is 10.1. The van der Waals surface area contributed by atoms with Crippen molar-refractivity contribution in [2.24, 2.45) is 7.05 Å². The summed E-state index contributed by atoms with van der Waals surface area (Å²) in [5.41, 5.74) is 4.57. The first-order chi connectivity index (χ1) is 19.8. The molecule has 1 atom stereocenters. The SMILES string of the molecule is Cc1nc(-c2ccc3c(c2)OC(F)(F)O3)c(-c2cc(-c3cccc(S(C)(=O)=O)c3)ccc2-c2cc(C(C)O)nn2C)o1. The summed E-state index contributed by atoms with van der Waals surface area (Å²) in [6.45, 7) is 3.29. The second kappa shape index (κ2) is 9.78. The Bertz CT molecular complexity index is 1960. The third kappa shape index (κ3) is 5.03. The highest BCUT2D eigenvalue weighted by Gasteiger charge is 2.43. The minimum atomic E-state index is -3.77. The van der Waals surface area contributed by atoms with Crippen LogP contribution in [0.2, 0.25) is 0 Å². The Morgan fingerprint density at radius 1 is 0.929 bits per heavy atom. The average Bonchev–Trinajstić information content (AvgIpc) is 3.60. The molecule has 1 aliphatic rings. The van der Waals surface area contributed by atoms with Crippen molar-refractivity contribution < 1.29 is 36.2 Å². The lowest BCUT2D eigenvalue weighted by Crippen LogP contribution is -2.25. The van der Waals surface area contributed by atoms with E-state index in [1.54, 1.807) is 55.9 Å². The fourth-order valence-electron chi connectivity index (χ4n) is 4.89. The standard InChI is InChI=1S/C30H25F2N3O6S/c1-16(36)24-15-25(35(3)34-24)22-10-8-19(18-6-5-7-21(12-18)42(4,37)38)13-23(22)29-28(33-17(2)39-29)20-9-11-26-27(14-20)41-30(31,32)40-26/h5-16,36H,1-4H3. The van der Waals surface area contributed by atoms with Crippen molar-refractivity contribution in [1.82, 2.24) is 14.8 Å². The second-order valence-corrected chi connectivity index (χ2v) is 12.1. The first-order valence-electron chi connectivity index (χ1n) is 12.8. The number of rotatable bonds is 6. The van der Waals surface area contributed by atoms with E-state index in [0.717, 1.165) is 6.26 Å². The van der Waals surface area contributed by atoms with Crippen LogP contribution in [0.3, 0.4) is 0 Å². The number of aliphatic hydroxyl groups excluding tert-OH is 1. The molecule has 5 aromatic rings. The highest BCUT2D eigenvalue weighted by molar-refractivity contribution is 7.90. The summed E-state index contributed by atoms with van der Waals surface area (Å²) < 4.78 is 68.9. The number of aryl methyl sites for hydroxylation is 2. The highest BCUT2D eigenvalue weighted by Crippen LogP contribution is 2.46. The number of benzene rings is 3. The minimum Gasteiger partial charge on any atom is -0.440 e. The van der Waals surface area contributed by atoms with Crippen molar-refractivity contribution in [2.45, 2.75) is 31.1 Å². The van der Waals surface area contributed by atoms with E-state index >= 15 is 0 Å². The number of aromatic nitrogens is 3. The third-order valence-electron chi connectivity index (χ3n) is 6.87. The van der Waals surface area contributed by atoms with Gasteiger partial charge in [0.15, 0.2) is 33.0 Å². The summed E-state index contributed by atoms with van der Waals surface area (Å²) in [5.74, 6) is 0.436.